The minimum absolute atomic E-state index is 0.0249. The van der Waals surface area contributed by atoms with Gasteiger partial charge in [-0.2, -0.15) is 30.7 Å². The van der Waals surface area contributed by atoms with Gasteiger partial charge in [0.05, 0.1) is 27.3 Å². The number of hydrogen-bond donors (Lipinski definition) is 1. The van der Waals surface area contributed by atoms with Crippen LogP contribution in [0.2, 0.25) is 5.02 Å². The number of fused-ring (bicyclic) bond motifs is 1. The number of alkyl halides is 7. The molecule has 0 amide bonds. The fourth-order valence-electron chi connectivity index (χ4n) is 2.88. The molecule has 4 nitrogen and oxygen atoms in total. The van der Waals surface area contributed by atoms with E-state index in [9.17, 15) is 40.6 Å². The van der Waals surface area contributed by atoms with Crippen LogP contribution in [0.5, 0.6) is 0 Å². The third-order valence-electron chi connectivity index (χ3n) is 4.32. The molecule has 1 aromatic heterocycles. The summed E-state index contributed by atoms with van der Waals surface area (Å²) in [6.45, 7) is 1.25. The molecular formula is C18H10ClF7N2O2. The molecule has 1 heterocycles. The summed E-state index contributed by atoms with van der Waals surface area (Å²) in [5.74, 6) is -15.7. The monoisotopic (exact) mass is 454 g/mol. The van der Waals surface area contributed by atoms with E-state index in [2.05, 4.69) is 4.98 Å². The Morgan fingerprint density at radius 3 is 2.20 bits per heavy atom. The van der Waals surface area contributed by atoms with Gasteiger partial charge in [-0.3, -0.25) is 4.57 Å². The van der Waals surface area contributed by atoms with Crippen molar-refractivity contribution in [2.75, 3.05) is 0 Å². The van der Waals surface area contributed by atoms with Crippen molar-refractivity contribution in [3.8, 4) is 5.69 Å². The van der Waals surface area contributed by atoms with E-state index >= 15 is 0 Å². The normalized spacial score (nSPS) is 13.1. The number of rotatable bonds is 4. The number of benzene rings is 2. The molecule has 0 unspecified atom stereocenters. The highest BCUT2D eigenvalue weighted by Crippen LogP contribution is 2.52. The van der Waals surface area contributed by atoms with Gasteiger partial charge in [0.1, 0.15) is 0 Å². The molecule has 3 aromatic rings. The number of carboxylic acids is 1. The van der Waals surface area contributed by atoms with Crippen LogP contribution in [0.15, 0.2) is 36.4 Å². The molecule has 3 rings (SSSR count). The van der Waals surface area contributed by atoms with E-state index in [4.69, 9.17) is 11.6 Å². The molecule has 1 N–H and O–H groups in total. The molecule has 0 saturated heterocycles. The molecule has 30 heavy (non-hydrogen) atoms. The lowest BCUT2D eigenvalue weighted by molar-refractivity contribution is -0.361. The van der Waals surface area contributed by atoms with E-state index in [0.29, 0.717) is 4.57 Å². The smallest absolute Gasteiger partial charge is 0.460 e. The van der Waals surface area contributed by atoms with Crippen molar-refractivity contribution >= 4 is 28.6 Å². The van der Waals surface area contributed by atoms with Gasteiger partial charge < -0.3 is 5.11 Å². The van der Waals surface area contributed by atoms with Crippen LogP contribution >= 0.6 is 11.6 Å². The third-order valence-corrected chi connectivity index (χ3v) is 4.64. The first-order valence-corrected chi connectivity index (χ1v) is 8.42. The van der Waals surface area contributed by atoms with Crippen LogP contribution in [0, 0.1) is 6.92 Å². The largest absolute Gasteiger partial charge is 0.478 e. The zero-order valence-electron chi connectivity index (χ0n) is 14.7. The molecule has 0 saturated carbocycles. The second-order valence-corrected chi connectivity index (χ2v) is 6.74. The average molecular weight is 455 g/mol. The summed E-state index contributed by atoms with van der Waals surface area (Å²) in [5, 5.41) is 8.95. The van der Waals surface area contributed by atoms with Crippen LogP contribution in [-0.2, 0) is 5.92 Å². The Balaban J connectivity index is 2.49. The van der Waals surface area contributed by atoms with E-state index in [1.165, 1.54) is 25.1 Å². The van der Waals surface area contributed by atoms with Gasteiger partial charge in [-0.25, -0.2) is 9.78 Å². The van der Waals surface area contributed by atoms with E-state index in [-0.39, 0.29) is 21.8 Å². The fourth-order valence-corrected chi connectivity index (χ4v) is 3.10. The molecule has 0 fully saturated rings. The zero-order valence-corrected chi connectivity index (χ0v) is 15.5. The summed E-state index contributed by atoms with van der Waals surface area (Å²) in [4.78, 5) is 14.7. The van der Waals surface area contributed by atoms with Crippen LogP contribution in [0.25, 0.3) is 16.7 Å². The van der Waals surface area contributed by atoms with Gasteiger partial charge in [-0.15, -0.1) is 0 Å². The maximum atomic E-state index is 14.6. The number of imidazole rings is 1. The van der Waals surface area contributed by atoms with Gasteiger partial charge in [0.25, 0.3) is 0 Å². The topological polar surface area (TPSA) is 55.1 Å². The highest BCUT2D eigenvalue weighted by Gasteiger charge is 2.75. The summed E-state index contributed by atoms with van der Waals surface area (Å²) < 4.78 is 95.4. The lowest BCUT2D eigenvalue weighted by atomic mass is 10.1. The van der Waals surface area contributed by atoms with Crippen LogP contribution in [0.1, 0.15) is 21.7 Å². The average Bonchev–Trinajstić information content (AvgIpc) is 3.01. The predicted octanol–water partition coefficient (Wildman–Crippen LogP) is 5.97. The minimum atomic E-state index is -6.58. The van der Waals surface area contributed by atoms with Crippen molar-refractivity contribution in [2.24, 2.45) is 0 Å². The first-order chi connectivity index (χ1) is 13.7. The Morgan fingerprint density at radius 1 is 1.07 bits per heavy atom. The number of aromatic carboxylic acids is 1. The minimum Gasteiger partial charge on any atom is -0.478 e. The standard InChI is InChI=1S/C18H10ClF7N2O2/c1-8-6-9(14(29)30)7-12-13(8)27-15(16(20,21)17(22,23)18(24,25)26)28(12)11-5-3-2-4-10(11)19/h2-7H,1H3,(H,29,30). The van der Waals surface area contributed by atoms with Gasteiger partial charge in [0.2, 0.25) is 0 Å². The number of carbonyl (C=O) groups is 1. The summed E-state index contributed by atoms with van der Waals surface area (Å²) >= 11 is 5.96. The summed E-state index contributed by atoms with van der Waals surface area (Å²) in [5.41, 5.74) is -1.62. The number of aryl methyl sites for hydroxylation is 1. The number of halogens is 8. The van der Waals surface area contributed by atoms with Gasteiger partial charge in [0, 0.05) is 0 Å². The van der Waals surface area contributed by atoms with Crippen molar-refractivity contribution in [1.29, 1.82) is 0 Å². The van der Waals surface area contributed by atoms with E-state index in [1.807, 2.05) is 0 Å². The van der Waals surface area contributed by atoms with Crippen LogP contribution in [0.3, 0.4) is 0 Å². The van der Waals surface area contributed by atoms with Crippen LogP contribution in [0.4, 0.5) is 30.7 Å². The summed E-state index contributed by atoms with van der Waals surface area (Å²) in [7, 11) is 0. The number of hydrogen-bond acceptors (Lipinski definition) is 2. The predicted molar refractivity (Wildman–Crippen MR) is 92.7 cm³/mol. The van der Waals surface area contributed by atoms with E-state index in [1.54, 1.807) is 0 Å². The Kier molecular flexibility index (Phi) is 5.00. The molecule has 0 bridgehead atoms. The molecule has 0 radical (unpaired) electrons. The third kappa shape index (κ3) is 3.17. The highest BCUT2D eigenvalue weighted by atomic mass is 35.5. The number of aromatic nitrogens is 2. The molecule has 0 spiro atoms. The van der Waals surface area contributed by atoms with Crippen molar-refractivity contribution in [3.05, 3.63) is 58.4 Å². The maximum Gasteiger partial charge on any atom is 0.460 e. The molecule has 2 aromatic carbocycles. The zero-order chi connectivity index (χ0) is 22.6. The van der Waals surface area contributed by atoms with Gasteiger partial charge in [-0.05, 0) is 36.8 Å². The Bertz CT molecular complexity index is 1160. The molecule has 0 aliphatic rings. The van der Waals surface area contributed by atoms with Gasteiger partial charge >= 0.3 is 24.0 Å². The van der Waals surface area contributed by atoms with Gasteiger partial charge in [0.15, 0.2) is 5.82 Å². The molecular weight excluding hydrogens is 445 g/mol. The Morgan fingerprint density at radius 2 is 1.67 bits per heavy atom. The van der Waals surface area contributed by atoms with Crippen molar-refractivity contribution < 1.29 is 40.6 Å². The first kappa shape index (κ1) is 21.9. The van der Waals surface area contributed by atoms with Crippen LogP contribution < -0.4 is 0 Å². The van der Waals surface area contributed by atoms with Crippen LogP contribution in [-0.4, -0.2) is 32.7 Å². The second-order valence-electron chi connectivity index (χ2n) is 6.33. The first-order valence-electron chi connectivity index (χ1n) is 8.04. The second kappa shape index (κ2) is 6.86. The number of carboxylic acid groups (broad SMARTS) is 1. The molecule has 0 aliphatic carbocycles. The fraction of sp³-hybridized carbons (Fsp3) is 0.222. The SMILES string of the molecule is Cc1cc(C(=O)O)cc2c1nc(C(F)(F)C(F)(F)C(F)(F)F)n2-c1ccccc1Cl. The van der Waals surface area contributed by atoms with E-state index < -0.39 is 40.9 Å². The summed E-state index contributed by atoms with van der Waals surface area (Å²) in [6, 6.07) is 6.81. The lowest BCUT2D eigenvalue weighted by Gasteiger charge is -2.28. The number of nitrogens with zero attached hydrogens (tertiary/aromatic N) is 2. The lowest BCUT2D eigenvalue weighted by Crippen LogP contribution is -2.51. The Hall–Kier alpha value is -2.82. The quantitative estimate of drug-likeness (QED) is 0.494. The molecule has 0 aliphatic heterocycles. The summed E-state index contributed by atoms with van der Waals surface area (Å²) in [6.07, 6.45) is -6.58. The van der Waals surface area contributed by atoms with Crippen molar-refractivity contribution in [1.82, 2.24) is 9.55 Å². The van der Waals surface area contributed by atoms with Gasteiger partial charge in [-0.1, -0.05) is 23.7 Å². The van der Waals surface area contributed by atoms with Crippen molar-refractivity contribution in [2.45, 2.75) is 24.9 Å². The molecule has 12 heteroatoms. The highest BCUT2D eigenvalue weighted by molar-refractivity contribution is 6.32. The van der Waals surface area contributed by atoms with E-state index in [0.717, 1.165) is 18.2 Å². The molecule has 0 atom stereocenters. The van der Waals surface area contributed by atoms with Crippen molar-refractivity contribution in [3.63, 3.8) is 0 Å². The Labute approximate surface area is 168 Å². The number of para-hydroxylation sites is 1. The maximum absolute atomic E-state index is 14.6. The molecule has 160 valence electrons.